The molecule has 0 saturated carbocycles. The number of anilines is 1. The topological polar surface area (TPSA) is 50.1 Å². The van der Waals surface area contributed by atoms with Gasteiger partial charge in [0.2, 0.25) is 0 Å². The van der Waals surface area contributed by atoms with Crippen LogP contribution in [0.2, 0.25) is 0 Å². The van der Waals surface area contributed by atoms with Crippen molar-refractivity contribution in [2.75, 3.05) is 11.9 Å². The molecule has 4 nitrogen and oxygen atoms in total. The van der Waals surface area contributed by atoms with Gasteiger partial charge in [-0.15, -0.1) is 0 Å². The van der Waals surface area contributed by atoms with Crippen LogP contribution in [0.5, 0.6) is 0 Å². The Labute approximate surface area is 107 Å². The van der Waals surface area contributed by atoms with Gasteiger partial charge in [-0.2, -0.15) is 5.10 Å². The second-order valence-corrected chi connectivity index (χ2v) is 4.49. The first-order chi connectivity index (χ1) is 8.69. The SMILES string of the molecule is Cc1ccc(CNc2cnn(CCO)c2)cc1C. The monoisotopic (exact) mass is 245 g/mol. The molecule has 0 atom stereocenters. The summed E-state index contributed by atoms with van der Waals surface area (Å²) in [5.74, 6) is 0. The van der Waals surface area contributed by atoms with Crippen LogP contribution in [0, 0.1) is 13.8 Å². The van der Waals surface area contributed by atoms with Crippen molar-refractivity contribution in [1.82, 2.24) is 9.78 Å². The third kappa shape index (κ3) is 3.11. The van der Waals surface area contributed by atoms with Gasteiger partial charge in [0, 0.05) is 12.7 Å². The Morgan fingerprint density at radius 3 is 2.83 bits per heavy atom. The van der Waals surface area contributed by atoms with Gasteiger partial charge in [0.25, 0.3) is 0 Å². The molecule has 1 heterocycles. The Balaban J connectivity index is 1.95. The van der Waals surface area contributed by atoms with Crippen LogP contribution in [-0.2, 0) is 13.1 Å². The zero-order valence-corrected chi connectivity index (χ0v) is 10.8. The molecule has 2 aromatic rings. The summed E-state index contributed by atoms with van der Waals surface area (Å²) < 4.78 is 1.72. The van der Waals surface area contributed by atoms with Gasteiger partial charge in [0.15, 0.2) is 0 Å². The number of rotatable bonds is 5. The zero-order valence-electron chi connectivity index (χ0n) is 10.8. The summed E-state index contributed by atoms with van der Waals surface area (Å²) in [5, 5.41) is 16.3. The van der Waals surface area contributed by atoms with Crippen LogP contribution in [0.15, 0.2) is 30.6 Å². The van der Waals surface area contributed by atoms with Crippen molar-refractivity contribution in [3.63, 3.8) is 0 Å². The summed E-state index contributed by atoms with van der Waals surface area (Å²) in [6, 6.07) is 6.47. The van der Waals surface area contributed by atoms with Gasteiger partial charge >= 0.3 is 0 Å². The van der Waals surface area contributed by atoms with Gasteiger partial charge in [0.05, 0.1) is 25.0 Å². The highest BCUT2D eigenvalue weighted by molar-refractivity contribution is 5.40. The highest BCUT2D eigenvalue weighted by Gasteiger charge is 1.99. The van der Waals surface area contributed by atoms with Crippen LogP contribution in [0.4, 0.5) is 5.69 Å². The van der Waals surface area contributed by atoms with E-state index in [9.17, 15) is 0 Å². The molecule has 1 aromatic heterocycles. The summed E-state index contributed by atoms with van der Waals surface area (Å²) >= 11 is 0. The molecule has 0 amide bonds. The smallest absolute Gasteiger partial charge is 0.0729 e. The number of nitrogens with one attached hydrogen (secondary N) is 1. The normalized spacial score (nSPS) is 10.6. The van der Waals surface area contributed by atoms with Crippen LogP contribution in [0.1, 0.15) is 16.7 Å². The van der Waals surface area contributed by atoms with E-state index in [4.69, 9.17) is 5.11 Å². The van der Waals surface area contributed by atoms with Crippen LogP contribution >= 0.6 is 0 Å². The number of aliphatic hydroxyl groups excluding tert-OH is 1. The van der Waals surface area contributed by atoms with Crippen molar-refractivity contribution in [3.8, 4) is 0 Å². The molecule has 1 aromatic carbocycles. The van der Waals surface area contributed by atoms with Crippen LogP contribution < -0.4 is 5.32 Å². The Bertz CT molecular complexity index is 520. The van der Waals surface area contributed by atoms with Gasteiger partial charge in [-0.05, 0) is 30.5 Å². The molecule has 0 saturated heterocycles. The summed E-state index contributed by atoms with van der Waals surface area (Å²) in [6.45, 7) is 5.67. The second-order valence-electron chi connectivity index (χ2n) is 4.49. The highest BCUT2D eigenvalue weighted by Crippen LogP contribution is 2.12. The average Bonchev–Trinajstić information content (AvgIpc) is 2.79. The van der Waals surface area contributed by atoms with Crippen molar-refractivity contribution in [1.29, 1.82) is 0 Å². The predicted molar refractivity (Wildman–Crippen MR) is 72.6 cm³/mol. The highest BCUT2D eigenvalue weighted by atomic mass is 16.3. The second kappa shape index (κ2) is 5.69. The molecule has 96 valence electrons. The first-order valence-electron chi connectivity index (χ1n) is 6.12. The van der Waals surface area contributed by atoms with Crippen LogP contribution in [0.3, 0.4) is 0 Å². The van der Waals surface area contributed by atoms with Crippen molar-refractivity contribution in [2.24, 2.45) is 0 Å². The lowest BCUT2D eigenvalue weighted by molar-refractivity contribution is 0.269. The number of hydrogen-bond donors (Lipinski definition) is 2. The number of benzene rings is 1. The molecule has 2 rings (SSSR count). The van der Waals surface area contributed by atoms with Crippen molar-refractivity contribution in [3.05, 3.63) is 47.3 Å². The van der Waals surface area contributed by atoms with E-state index in [2.05, 4.69) is 42.5 Å². The summed E-state index contributed by atoms with van der Waals surface area (Å²) in [7, 11) is 0. The maximum atomic E-state index is 8.81. The molecule has 2 N–H and O–H groups in total. The Kier molecular flexibility index (Phi) is 3.99. The summed E-state index contributed by atoms with van der Waals surface area (Å²) in [6.07, 6.45) is 3.67. The largest absolute Gasteiger partial charge is 0.394 e. The fraction of sp³-hybridized carbons (Fsp3) is 0.357. The Hall–Kier alpha value is -1.81. The van der Waals surface area contributed by atoms with Gasteiger partial charge in [-0.3, -0.25) is 4.68 Å². The Morgan fingerprint density at radius 1 is 1.28 bits per heavy atom. The minimum atomic E-state index is 0.109. The summed E-state index contributed by atoms with van der Waals surface area (Å²) in [4.78, 5) is 0. The number of hydrogen-bond acceptors (Lipinski definition) is 3. The van der Waals surface area contributed by atoms with Gasteiger partial charge < -0.3 is 10.4 Å². The Morgan fingerprint density at radius 2 is 2.11 bits per heavy atom. The number of aliphatic hydroxyl groups is 1. The van der Waals surface area contributed by atoms with Gasteiger partial charge in [-0.1, -0.05) is 18.2 Å². The lowest BCUT2D eigenvalue weighted by Gasteiger charge is -2.06. The molecule has 0 aliphatic heterocycles. The molecule has 0 bridgehead atoms. The molecule has 0 radical (unpaired) electrons. The molecular formula is C14H19N3O. The van der Waals surface area contributed by atoms with Crippen LogP contribution in [0.25, 0.3) is 0 Å². The third-order valence-electron chi connectivity index (χ3n) is 3.03. The maximum Gasteiger partial charge on any atom is 0.0729 e. The van der Waals surface area contributed by atoms with E-state index < -0.39 is 0 Å². The number of aromatic nitrogens is 2. The molecule has 0 unspecified atom stereocenters. The minimum absolute atomic E-state index is 0.109. The lowest BCUT2D eigenvalue weighted by Crippen LogP contribution is -2.02. The molecule has 0 aliphatic rings. The van der Waals surface area contributed by atoms with Gasteiger partial charge in [0.1, 0.15) is 0 Å². The molecule has 0 aliphatic carbocycles. The molecular weight excluding hydrogens is 226 g/mol. The van der Waals surface area contributed by atoms with E-state index >= 15 is 0 Å². The van der Waals surface area contributed by atoms with E-state index in [0.29, 0.717) is 6.54 Å². The minimum Gasteiger partial charge on any atom is -0.394 e. The standard InChI is InChI=1S/C14H19N3O/c1-11-3-4-13(7-12(11)2)8-15-14-9-16-17(10-14)5-6-18/h3-4,7,9-10,15,18H,5-6,8H2,1-2H3. The fourth-order valence-corrected chi connectivity index (χ4v) is 1.80. The van der Waals surface area contributed by atoms with E-state index in [1.54, 1.807) is 10.9 Å². The summed E-state index contributed by atoms with van der Waals surface area (Å²) in [5.41, 5.74) is 4.86. The fourth-order valence-electron chi connectivity index (χ4n) is 1.80. The van der Waals surface area contributed by atoms with E-state index in [1.807, 2.05) is 6.20 Å². The third-order valence-corrected chi connectivity index (χ3v) is 3.03. The zero-order chi connectivity index (χ0) is 13.0. The van der Waals surface area contributed by atoms with Crippen molar-refractivity contribution >= 4 is 5.69 Å². The van der Waals surface area contributed by atoms with Gasteiger partial charge in [-0.25, -0.2) is 0 Å². The lowest BCUT2D eigenvalue weighted by atomic mass is 10.1. The number of aryl methyl sites for hydroxylation is 2. The molecule has 0 spiro atoms. The van der Waals surface area contributed by atoms with Crippen molar-refractivity contribution < 1.29 is 5.11 Å². The first kappa shape index (κ1) is 12.6. The average molecular weight is 245 g/mol. The van der Waals surface area contributed by atoms with E-state index in [-0.39, 0.29) is 6.61 Å². The predicted octanol–water partition coefficient (Wildman–Crippen LogP) is 2.10. The number of nitrogens with zero attached hydrogens (tertiary/aromatic N) is 2. The molecule has 0 fully saturated rings. The van der Waals surface area contributed by atoms with Crippen molar-refractivity contribution in [2.45, 2.75) is 26.9 Å². The molecule has 4 heteroatoms. The first-order valence-corrected chi connectivity index (χ1v) is 6.12. The van der Waals surface area contributed by atoms with E-state index in [0.717, 1.165) is 12.2 Å². The van der Waals surface area contributed by atoms with E-state index in [1.165, 1.54) is 16.7 Å². The quantitative estimate of drug-likeness (QED) is 0.848. The maximum absolute atomic E-state index is 8.81. The molecule has 18 heavy (non-hydrogen) atoms. The van der Waals surface area contributed by atoms with Crippen LogP contribution in [-0.4, -0.2) is 21.5 Å².